The van der Waals surface area contributed by atoms with Crippen LogP contribution in [0.15, 0.2) is 42.6 Å². The largest absolute Gasteiger partial charge is 0.496 e. The molecular weight excluding hydrogens is 490 g/mol. The zero-order valence-electron chi connectivity index (χ0n) is 21.3. The van der Waals surface area contributed by atoms with Gasteiger partial charge in [-0.3, -0.25) is 4.79 Å². The fourth-order valence-electron chi connectivity index (χ4n) is 5.35. The first-order chi connectivity index (χ1) is 18.4. The molecule has 2 aromatic carbocycles. The quantitative estimate of drug-likeness (QED) is 0.388. The maximum Gasteiger partial charge on any atom is 0.274 e. The minimum absolute atomic E-state index is 0.0238. The van der Waals surface area contributed by atoms with Crippen molar-refractivity contribution >= 4 is 17.3 Å². The number of rotatable bonds is 8. The molecule has 198 valence electrons. The van der Waals surface area contributed by atoms with Gasteiger partial charge in [-0.2, -0.15) is 0 Å². The number of anilines is 2. The Morgan fingerprint density at radius 1 is 1.21 bits per heavy atom. The van der Waals surface area contributed by atoms with Gasteiger partial charge in [-0.05, 0) is 50.1 Å². The van der Waals surface area contributed by atoms with E-state index in [9.17, 15) is 9.18 Å². The number of aromatic nitrogens is 2. The van der Waals surface area contributed by atoms with Crippen molar-refractivity contribution in [2.45, 2.75) is 56.9 Å². The van der Waals surface area contributed by atoms with E-state index in [1.807, 2.05) is 6.07 Å². The number of fused-ring (bicyclic) bond motifs is 1. The highest BCUT2D eigenvalue weighted by Gasteiger charge is 2.50. The predicted octanol–water partition coefficient (Wildman–Crippen LogP) is 3.87. The van der Waals surface area contributed by atoms with Crippen LogP contribution >= 0.6 is 0 Å². The van der Waals surface area contributed by atoms with Gasteiger partial charge in [-0.15, -0.1) is 0 Å². The third kappa shape index (κ3) is 4.58. The normalized spacial score (nSPS) is 22.1. The number of ether oxygens (including phenoxy) is 1. The highest BCUT2D eigenvalue weighted by molar-refractivity contribution is 6.05. The summed E-state index contributed by atoms with van der Waals surface area (Å²) in [6, 6.07) is 10.5. The molecule has 38 heavy (non-hydrogen) atoms. The van der Waals surface area contributed by atoms with Crippen molar-refractivity contribution < 1.29 is 18.3 Å². The van der Waals surface area contributed by atoms with Crippen LogP contribution in [0.4, 0.5) is 20.2 Å². The lowest BCUT2D eigenvalue weighted by Crippen LogP contribution is -2.37. The second-order valence-corrected chi connectivity index (χ2v) is 10.2. The van der Waals surface area contributed by atoms with Crippen molar-refractivity contribution in [1.29, 1.82) is 0 Å². The van der Waals surface area contributed by atoms with E-state index in [2.05, 4.69) is 37.7 Å². The van der Waals surface area contributed by atoms with Gasteiger partial charge in [0.15, 0.2) is 5.82 Å². The number of nitrogens with one attached hydrogen (secondary N) is 3. The second kappa shape index (κ2) is 9.92. The number of carbonyl (C=O) groups excluding carboxylic acids is 1. The van der Waals surface area contributed by atoms with Gasteiger partial charge in [-0.1, -0.05) is 12.5 Å². The number of hydrogen-bond acceptors (Lipinski definition) is 7. The van der Waals surface area contributed by atoms with Gasteiger partial charge in [0.2, 0.25) is 0 Å². The Bertz CT molecular complexity index is 1380. The molecule has 0 spiro atoms. The summed E-state index contributed by atoms with van der Waals surface area (Å²) in [5.41, 5.74) is 1.81. The Morgan fingerprint density at radius 2 is 2.05 bits per heavy atom. The summed E-state index contributed by atoms with van der Waals surface area (Å²) in [6.45, 7) is 3.34. The first-order valence-corrected chi connectivity index (χ1v) is 13.0. The number of hydrogen-bond donors (Lipinski definition) is 3. The van der Waals surface area contributed by atoms with E-state index in [0.29, 0.717) is 35.9 Å². The van der Waals surface area contributed by atoms with E-state index in [0.717, 1.165) is 25.1 Å². The summed E-state index contributed by atoms with van der Waals surface area (Å²) in [4.78, 5) is 24.0. The maximum atomic E-state index is 15.2. The summed E-state index contributed by atoms with van der Waals surface area (Å²) < 4.78 is 35.1. The molecule has 1 saturated carbocycles. The van der Waals surface area contributed by atoms with Gasteiger partial charge in [0.25, 0.3) is 5.91 Å². The Balaban J connectivity index is 1.30. The lowest BCUT2D eigenvalue weighted by molar-refractivity contribution is 0.102. The summed E-state index contributed by atoms with van der Waals surface area (Å²) >= 11 is 0. The summed E-state index contributed by atoms with van der Waals surface area (Å²) in [6.07, 6.45) is 4.81. The molecular formula is C28H30F2N6O2. The fourth-order valence-corrected chi connectivity index (χ4v) is 5.35. The van der Waals surface area contributed by atoms with Gasteiger partial charge in [0.05, 0.1) is 24.0 Å². The van der Waals surface area contributed by atoms with E-state index < -0.39 is 11.7 Å². The van der Waals surface area contributed by atoms with Gasteiger partial charge in [-0.25, -0.2) is 18.7 Å². The van der Waals surface area contributed by atoms with Crippen molar-refractivity contribution in [1.82, 2.24) is 20.6 Å². The van der Waals surface area contributed by atoms with Gasteiger partial charge in [0, 0.05) is 49.0 Å². The number of piperazine rings is 1. The molecule has 10 heteroatoms. The van der Waals surface area contributed by atoms with Crippen LogP contribution in [0, 0.1) is 11.6 Å². The zero-order chi connectivity index (χ0) is 26.4. The van der Waals surface area contributed by atoms with Crippen LogP contribution in [-0.4, -0.2) is 53.7 Å². The molecule has 2 saturated heterocycles. The van der Waals surface area contributed by atoms with Gasteiger partial charge in [0.1, 0.15) is 23.1 Å². The first kappa shape index (κ1) is 24.7. The molecule has 6 rings (SSSR count). The Morgan fingerprint density at radius 3 is 2.76 bits per heavy atom. The molecule has 3 atom stereocenters. The van der Waals surface area contributed by atoms with Crippen molar-refractivity contribution in [2.24, 2.45) is 0 Å². The van der Waals surface area contributed by atoms with E-state index in [-0.39, 0.29) is 34.7 Å². The smallest absolute Gasteiger partial charge is 0.274 e. The van der Waals surface area contributed by atoms with Crippen molar-refractivity contribution in [2.75, 3.05) is 23.9 Å². The topological polar surface area (TPSA) is 101 Å². The van der Waals surface area contributed by atoms with Gasteiger partial charge >= 0.3 is 0 Å². The maximum absolute atomic E-state index is 15.2. The molecule has 3 aromatic rings. The Hall–Kier alpha value is -3.63. The first-order valence-electron chi connectivity index (χ1n) is 13.0. The zero-order valence-corrected chi connectivity index (χ0v) is 21.3. The summed E-state index contributed by atoms with van der Waals surface area (Å²) in [5, 5.41) is 9.73. The number of carbonyl (C=O) groups is 1. The molecule has 3 aliphatic rings. The lowest BCUT2D eigenvalue weighted by atomic mass is 9.93. The lowest BCUT2D eigenvalue weighted by Gasteiger charge is -2.30. The molecule has 3 N–H and O–H groups in total. The molecule has 3 heterocycles. The second-order valence-electron chi connectivity index (χ2n) is 10.2. The average Bonchev–Trinajstić information content (AvgIpc) is 3.59. The van der Waals surface area contributed by atoms with Crippen molar-refractivity contribution in [3.05, 3.63) is 65.5 Å². The van der Waals surface area contributed by atoms with Crippen LogP contribution in [0.1, 0.15) is 42.2 Å². The van der Waals surface area contributed by atoms with Crippen LogP contribution in [0.2, 0.25) is 0 Å². The monoisotopic (exact) mass is 520 g/mol. The Labute approximate surface area is 219 Å². The number of halogens is 2. The number of benzene rings is 2. The van der Waals surface area contributed by atoms with Gasteiger partial charge < -0.3 is 25.6 Å². The third-order valence-electron chi connectivity index (χ3n) is 7.85. The predicted molar refractivity (Wildman–Crippen MR) is 140 cm³/mol. The van der Waals surface area contributed by atoms with Crippen molar-refractivity contribution in [3.63, 3.8) is 0 Å². The van der Waals surface area contributed by atoms with E-state index in [1.165, 1.54) is 44.0 Å². The molecule has 8 nitrogen and oxygen atoms in total. The Kier molecular flexibility index (Phi) is 6.45. The number of methoxy groups -OCH3 is 1. The fraction of sp³-hybridized carbons (Fsp3) is 0.393. The number of amides is 1. The number of nitrogens with zero attached hydrogens (tertiary/aromatic N) is 3. The average molecular weight is 521 g/mol. The van der Waals surface area contributed by atoms with E-state index >= 15 is 4.39 Å². The SMILES string of the molecule is COc1cccc(F)c1-c1nccc(C(=O)Nc2cc(F)c(CNC3CCC3)cc2N2C[C@H]3NC3[C@@H]2C)n1. The van der Waals surface area contributed by atoms with Crippen LogP contribution in [0.25, 0.3) is 11.4 Å². The van der Waals surface area contributed by atoms with Crippen LogP contribution in [0.5, 0.6) is 5.75 Å². The van der Waals surface area contributed by atoms with Crippen LogP contribution < -0.4 is 25.6 Å². The summed E-state index contributed by atoms with van der Waals surface area (Å²) in [5.74, 6) is -1.21. The molecule has 1 amide bonds. The molecule has 1 aromatic heterocycles. The molecule has 1 aliphatic carbocycles. The standard InChI is InChI=1S/C28H30F2N6O2/c1-15-26-22(33-26)14-36(15)23-11-16(13-32-17-5-3-6-17)19(30)12-21(23)35-28(37)20-9-10-31-27(34-20)25-18(29)7-4-8-24(25)38-2/h4,7-12,15,17,22,26,32-33H,3,5-6,13-14H2,1-2H3,(H,35,37)/t15-,22+,26?/m0/s1. The minimum Gasteiger partial charge on any atom is -0.496 e. The van der Waals surface area contributed by atoms with Crippen LogP contribution in [0.3, 0.4) is 0 Å². The molecule has 0 bridgehead atoms. The molecule has 3 fully saturated rings. The molecule has 1 unspecified atom stereocenters. The van der Waals surface area contributed by atoms with E-state index in [4.69, 9.17) is 4.74 Å². The highest BCUT2D eigenvalue weighted by atomic mass is 19.1. The highest BCUT2D eigenvalue weighted by Crippen LogP contribution is 2.39. The molecule has 2 aliphatic heterocycles. The molecule has 0 radical (unpaired) electrons. The van der Waals surface area contributed by atoms with E-state index in [1.54, 1.807) is 6.07 Å². The van der Waals surface area contributed by atoms with Crippen LogP contribution in [-0.2, 0) is 6.54 Å². The summed E-state index contributed by atoms with van der Waals surface area (Å²) in [7, 11) is 1.43. The van der Waals surface area contributed by atoms with Crippen molar-refractivity contribution in [3.8, 4) is 17.1 Å². The minimum atomic E-state index is -0.562. The third-order valence-corrected chi connectivity index (χ3v) is 7.85.